The molecule has 0 aliphatic heterocycles. The van der Waals surface area contributed by atoms with Crippen LogP contribution in [0.25, 0.3) is 10.6 Å². The van der Waals surface area contributed by atoms with Crippen molar-refractivity contribution in [2.75, 3.05) is 0 Å². The number of carboxylic acid groups (broad SMARTS) is 1. The lowest BCUT2D eigenvalue weighted by Gasteiger charge is -2.12. The Morgan fingerprint density at radius 3 is 2.08 bits per heavy atom. The van der Waals surface area contributed by atoms with E-state index in [1.165, 1.54) is 28.2 Å². The molecule has 0 fully saturated rings. The number of thioether (sulfide) groups is 1. The van der Waals surface area contributed by atoms with Crippen molar-refractivity contribution >= 4 is 29.6 Å². The number of hydrogen-bond acceptors (Lipinski definition) is 4. The molecule has 0 aliphatic carbocycles. The van der Waals surface area contributed by atoms with Crippen molar-refractivity contribution in [3.8, 4) is 10.6 Å². The minimum Gasteiger partial charge on any atom is -0.483 e. The molecule has 0 saturated carbocycles. The van der Waals surface area contributed by atoms with E-state index in [0.29, 0.717) is 5.56 Å². The largest absolute Gasteiger partial charge is 0.483 e. The van der Waals surface area contributed by atoms with Gasteiger partial charge in [0.05, 0.1) is 11.3 Å². The fourth-order valence-corrected chi connectivity index (χ4v) is 5.63. The zero-order valence-electron chi connectivity index (χ0n) is 21.9. The molecule has 3 rings (SSSR count). The van der Waals surface area contributed by atoms with Crippen LogP contribution in [0.5, 0.6) is 0 Å². The van der Waals surface area contributed by atoms with E-state index in [0.717, 1.165) is 46.5 Å². The van der Waals surface area contributed by atoms with Gasteiger partial charge in [0, 0.05) is 20.6 Å². The van der Waals surface area contributed by atoms with Crippen LogP contribution < -0.4 is 0 Å². The van der Waals surface area contributed by atoms with Crippen molar-refractivity contribution in [3.63, 3.8) is 0 Å². The number of hydrogen-bond donors (Lipinski definition) is 1. The summed E-state index contributed by atoms with van der Waals surface area (Å²) in [4.78, 5) is 15.4. The minimum atomic E-state index is -4.32. The lowest BCUT2D eigenvalue weighted by molar-refractivity contribution is -0.137. The number of carbonyl (C=O) groups is 1. The fourth-order valence-electron chi connectivity index (χ4n) is 3.26. The van der Waals surface area contributed by atoms with E-state index in [2.05, 4.69) is 64.7 Å². The molecule has 198 valence electrons. The highest BCUT2D eigenvalue weighted by Gasteiger charge is 2.30. The second-order valence-electron chi connectivity index (χ2n) is 8.98. The van der Waals surface area contributed by atoms with Crippen LogP contribution in [0.3, 0.4) is 0 Å². The van der Waals surface area contributed by atoms with Gasteiger partial charge in [0.25, 0.3) is 6.47 Å². The standard InChI is InChI=1S/C23H24F3NS2.C4H10.CH2O2/c1-5-6-17-9-12-20(13-14(17)2)28-16(4)21-15(3)27-22(29-21)18-7-10-19(11-8-18)23(24,25)26;1-4(2)3;2-1-3/h7-13,16H,5-6H2,1-4H3;4H,1-3H3;1H,(H,2,3). The molecule has 1 heterocycles. The SMILES string of the molecule is CC(C)C.CCCc1ccc(SC(C)c2sc(-c3ccc(C(F)(F)F)cc3)nc2C)cc1C.O=CO. The van der Waals surface area contributed by atoms with Crippen LogP contribution in [0.15, 0.2) is 47.4 Å². The number of nitrogens with zero attached hydrogens (tertiary/aromatic N) is 1. The number of rotatable bonds is 6. The van der Waals surface area contributed by atoms with Crippen molar-refractivity contribution in [1.29, 1.82) is 0 Å². The van der Waals surface area contributed by atoms with Crippen molar-refractivity contribution in [2.45, 2.75) is 77.6 Å². The monoisotopic (exact) mass is 539 g/mol. The minimum absolute atomic E-state index is 0.215. The van der Waals surface area contributed by atoms with Gasteiger partial charge in [-0.15, -0.1) is 23.1 Å². The molecule has 1 atom stereocenters. The third-order valence-corrected chi connectivity index (χ3v) is 7.46. The van der Waals surface area contributed by atoms with Crippen molar-refractivity contribution in [3.05, 3.63) is 69.7 Å². The Morgan fingerprint density at radius 2 is 1.61 bits per heavy atom. The van der Waals surface area contributed by atoms with Crippen LogP contribution >= 0.6 is 23.1 Å². The fraction of sp³-hybridized carbons (Fsp3) is 0.429. The average Bonchev–Trinajstić information content (AvgIpc) is 3.17. The van der Waals surface area contributed by atoms with Gasteiger partial charge in [-0.05, 0) is 68.5 Å². The predicted molar refractivity (Wildman–Crippen MR) is 146 cm³/mol. The molecular weight excluding hydrogens is 503 g/mol. The third kappa shape index (κ3) is 10.3. The van der Waals surface area contributed by atoms with E-state index >= 15 is 0 Å². The Bertz CT molecular complexity index is 1070. The second kappa shape index (κ2) is 15.1. The summed E-state index contributed by atoms with van der Waals surface area (Å²) in [6.45, 7) is 14.7. The van der Waals surface area contributed by atoms with E-state index in [1.54, 1.807) is 23.1 Å². The van der Waals surface area contributed by atoms with Crippen LogP contribution in [0, 0.1) is 19.8 Å². The lowest BCUT2D eigenvalue weighted by Crippen LogP contribution is -2.03. The molecule has 3 nitrogen and oxygen atoms in total. The van der Waals surface area contributed by atoms with Crippen LogP contribution in [0.4, 0.5) is 13.2 Å². The highest BCUT2D eigenvalue weighted by molar-refractivity contribution is 7.99. The molecule has 0 amide bonds. The molecule has 2 aromatic carbocycles. The zero-order valence-corrected chi connectivity index (χ0v) is 23.6. The molecule has 1 aromatic heterocycles. The Labute approximate surface area is 221 Å². The first-order valence-electron chi connectivity index (χ1n) is 11.8. The average molecular weight is 540 g/mol. The van der Waals surface area contributed by atoms with Crippen LogP contribution in [-0.4, -0.2) is 16.6 Å². The molecule has 0 bridgehead atoms. The van der Waals surface area contributed by atoms with E-state index < -0.39 is 11.7 Å². The van der Waals surface area contributed by atoms with Gasteiger partial charge in [0.15, 0.2) is 0 Å². The summed E-state index contributed by atoms with van der Waals surface area (Å²) < 4.78 is 38.4. The number of thiazole rings is 1. The number of alkyl halides is 3. The molecule has 0 spiro atoms. The van der Waals surface area contributed by atoms with Crippen molar-refractivity contribution in [1.82, 2.24) is 4.98 Å². The van der Waals surface area contributed by atoms with E-state index in [-0.39, 0.29) is 11.7 Å². The molecule has 36 heavy (non-hydrogen) atoms. The molecule has 8 heteroatoms. The molecule has 3 aromatic rings. The van der Waals surface area contributed by atoms with E-state index in [4.69, 9.17) is 9.90 Å². The zero-order chi connectivity index (χ0) is 27.5. The number of aryl methyl sites for hydroxylation is 3. The predicted octanol–water partition coefficient (Wildman–Crippen LogP) is 9.61. The molecule has 0 saturated heterocycles. The van der Waals surface area contributed by atoms with E-state index in [1.807, 2.05) is 6.92 Å². The number of aromatic nitrogens is 1. The first-order valence-corrected chi connectivity index (χ1v) is 13.5. The molecule has 1 unspecified atom stereocenters. The third-order valence-electron chi connectivity index (χ3n) is 4.81. The van der Waals surface area contributed by atoms with Gasteiger partial charge < -0.3 is 5.11 Å². The second-order valence-corrected chi connectivity index (χ2v) is 11.4. The summed E-state index contributed by atoms with van der Waals surface area (Å²) >= 11 is 3.34. The van der Waals surface area contributed by atoms with Crippen LogP contribution in [0.1, 0.15) is 73.6 Å². The Balaban J connectivity index is 0.000000825. The summed E-state index contributed by atoms with van der Waals surface area (Å²) in [5, 5.41) is 7.86. The topological polar surface area (TPSA) is 50.2 Å². The Morgan fingerprint density at radius 1 is 1.06 bits per heavy atom. The van der Waals surface area contributed by atoms with E-state index in [9.17, 15) is 13.2 Å². The summed E-state index contributed by atoms with van der Waals surface area (Å²) in [5.74, 6) is 0.833. The maximum Gasteiger partial charge on any atom is 0.416 e. The summed E-state index contributed by atoms with van der Waals surface area (Å²) in [5.41, 5.74) is 3.72. The van der Waals surface area contributed by atoms with Crippen LogP contribution in [-0.2, 0) is 17.4 Å². The van der Waals surface area contributed by atoms with Crippen molar-refractivity contribution in [2.24, 2.45) is 5.92 Å². The maximum atomic E-state index is 12.8. The van der Waals surface area contributed by atoms with Gasteiger partial charge >= 0.3 is 6.18 Å². The summed E-state index contributed by atoms with van der Waals surface area (Å²) in [6, 6.07) is 11.8. The van der Waals surface area contributed by atoms with Gasteiger partial charge in [-0.3, -0.25) is 4.79 Å². The molecule has 0 aliphatic rings. The summed E-state index contributed by atoms with van der Waals surface area (Å²) in [6.07, 6.45) is -2.09. The molecular formula is C28H36F3NO2S2. The lowest BCUT2D eigenvalue weighted by atomic mass is 10.1. The smallest absolute Gasteiger partial charge is 0.416 e. The van der Waals surface area contributed by atoms with Crippen molar-refractivity contribution < 1.29 is 23.1 Å². The van der Waals surface area contributed by atoms with Gasteiger partial charge in [-0.2, -0.15) is 13.2 Å². The van der Waals surface area contributed by atoms with Gasteiger partial charge in [0.1, 0.15) is 5.01 Å². The van der Waals surface area contributed by atoms with Gasteiger partial charge in [-0.25, -0.2) is 4.98 Å². The quantitative estimate of drug-likeness (QED) is 0.250. The normalized spacial score (nSPS) is 11.8. The molecule has 0 radical (unpaired) electrons. The summed E-state index contributed by atoms with van der Waals surface area (Å²) in [7, 11) is 0. The highest BCUT2D eigenvalue weighted by Crippen LogP contribution is 2.42. The Kier molecular flexibility index (Phi) is 13.3. The number of halogens is 3. The van der Waals surface area contributed by atoms with Crippen LogP contribution in [0.2, 0.25) is 0 Å². The first-order chi connectivity index (χ1) is 16.8. The number of benzene rings is 2. The first kappa shape index (κ1) is 31.7. The van der Waals surface area contributed by atoms with Gasteiger partial charge in [0.2, 0.25) is 0 Å². The Hall–Kier alpha value is -2.32. The maximum absolute atomic E-state index is 12.8. The molecule has 1 N–H and O–H groups in total. The highest BCUT2D eigenvalue weighted by atomic mass is 32.2. The van der Waals surface area contributed by atoms with Gasteiger partial charge in [-0.1, -0.05) is 52.3 Å².